The first-order valence-corrected chi connectivity index (χ1v) is 14.3. The van der Waals surface area contributed by atoms with E-state index in [1.54, 1.807) is 0 Å². The highest BCUT2D eigenvalue weighted by Crippen LogP contribution is 2.14. The zero-order valence-electron chi connectivity index (χ0n) is 22.0. The molecule has 0 aromatic carbocycles. The van der Waals surface area contributed by atoms with Gasteiger partial charge in [0.15, 0.2) is 6.29 Å². The molecule has 0 unspecified atom stereocenters. The molecular formula is C29H58O3. The summed E-state index contributed by atoms with van der Waals surface area (Å²) in [7, 11) is 0. The quantitative estimate of drug-likeness (QED) is 0.0763. The molecule has 0 aromatic heterocycles. The van der Waals surface area contributed by atoms with Gasteiger partial charge in [0, 0.05) is 19.8 Å². The third-order valence-electron chi connectivity index (χ3n) is 6.13. The Morgan fingerprint density at radius 2 is 0.969 bits per heavy atom. The van der Waals surface area contributed by atoms with Crippen LogP contribution < -0.4 is 0 Å². The Morgan fingerprint density at radius 3 is 1.44 bits per heavy atom. The van der Waals surface area contributed by atoms with E-state index in [9.17, 15) is 0 Å². The lowest BCUT2D eigenvalue weighted by Crippen LogP contribution is -2.19. The highest BCUT2D eigenvalue weighted by Gasteiger charge is 2.09. The van der Waals surface area contributed by atoms with Gasteiger partial charge in [0.1, 0.15) is 0 Å². The van der Waals surface area contributed by atoms with Crippen molar-refractivity contribution in [1.29, 1.82) is 0 Å². The first kappa shape index (κ1) is 31.6. The minimum atomic E-state index is -0.0227. The fourth-order valence-electron chi connectivity index (χ4n) is 4.00. The first-order valence-electron chi connectivity index (χ1n) is 14.3. The molecule has 0 bridgehead atoms. The lowest BCUT2D eigenvalue weighted by molar-refractivity contribution is -0.148. The van der Waals surface area contributed by atoms with E-state index in [2.05, 4.69) is 26.0 Å². The largest absolute Gasteiger partial charge is 0.396 e. The molecule has 3 heteroatoms. The molecule has 0 aromatic rings. The molecule has 0 radical (unpaired) electrons. The fraction of sp³-hybridized carbons (Fsp3) is 0.931. The van der Waals surface area contributed by atoms with E-state index in [1.165, 1.54) is 96.3 Å². The van der Waals surface area contributed by atoms with Gasteiger partial charge in [-0.3, -0.25) is 0 Å². The van der Waals surface area contributed by atoms with Crippen LogP contribution in [0.3, 0.4) is 0 Å². The van der Waals surface area contributed by atoms with Crippen LogP contribution in [-0.4, -0.2) is 31.2 Å². The Kier molecular flexibility index (Phi) is 28.3. The van der Waals surface area contributed by atoms with Crippen LogP contribution in [0.1, 0.15) is 149 Å². The monoisotopic (exact) mass is 454 g/mol. The minimum absolute atomic E-state index is 0.0227. The summed E-state index contributed by atoms with van der Waals surface area (Å²) in [6.07, 6.45) is 30.8. The summed E-state index contributed by atoms with van der Waals surface area (Å²) >= 11 is 0. The predicted molar refractivity (Wildman–Crippen MR) is 140 cm³/mol. The highest BCUT2D eigenvalue weighted by molar-refractivity contribution is 4.80. The third kappa shape index (κ3) is 25.9. The van der Waals surface area contributed by atoms with Crippen molar-refractivity contribution in [3.63, 3.8) is 0 Å². The number of hydrogen-bond acceptors (Lipinski definition) is 3. The smallest absolute Gasteiger partial charge is 0.157 e. The van der Waals surface area contributed by atoms with Gasteiger partial charge < -0.3 is 14.6 Å². The van der Waals surface area contributed by atoms with Crippen LogP contribution in [0.4, 0.5) is 0 Å². The van der Waals surface area contributed by atoms with Gasteiger partial charge in [-0.05, 0) is 44.9 Å². The molecular weight excluding hydrogens is 396 g/mol. The Balaban J connectivity index is 3.86. The standard InChI is InChI=1S/C29H58O3/c1-3-5-7-9-11-15-19-23-27-31-29(25-21-17-13-14-18-22-26-30)32-28-24-20-16-12-10-8-6-4-2/h14,18,29-30H,3-13,15-17,19-28H2,1-2H3/b18-14-. The van der Waals surface area contributed by atoms with Gasteiger partial charge in [-0.2, -0.15) is 0 Å². The Bertz CT molecular complexity index is 334. The summed E-state index contributed by atoms with van der Waals surface area (Å²) in [5.74, 6) is 0. The second kappa shape index (κ2) is 28.7. The van der Waals surface area contributed by atoms with Crippen molar-refractivity contribution in [2.75, 3.05) is 19.8 Å². The summed E-state index contributed by atoms with van der Waals surface area (Å²) in [6, 6.07) is 0. The zero-order chi connectivity index (χ0) is 23.4. The van der Waals surface area contributed by atoms with Gasteiger partial charge in [0.2, 0.25) is 0 Å². The maximum Gasteiger partial charge on any atom is 0.157 e. The van der Waals surface area contributed by atoms with Crippen molar-refractivity contribution in [2.24, 2.45) is 0 Å². The second-order valence-corrected chi connectivity index (χ2v) is 9.39. The average molecular weight is 455 g/mol. The lowest BCUT2D eigenvalue weighted by atomic mass is 10.1. The van der Waals surface area contributed by atoms with E-state index in [0.717, 1.165) is 51.7 Å². The highest BCUT2D eigenvalue weighted by atomic mass is 16.7. The second-order valence-electron chi connectivity index (χ2n) is 9.39. The van der Waals surface area contributed by atoms with E-state index >= 15 is 0 Å². The van der Waals surface area contributed by atoms with Gasteiger partial charge >= 0.3 is 0 Å². The summed E-state index contributed by atoms with van der Waals surface area (Å²) in [5, 5.41) is 8.83. The number of aliphatic hydroxyl groups is 1. The van der Waals surface area contributed by atoms with E-state index in [0.29, 0.717) is 0 Å². The summed E-state index contributed by atoms with van der Waals surface area (Å²) in [5.41, 5.74) is 0. The molecule has 0 saturated heterocycles. The first-order chi connectivity index (χ1) is 15.8. The summed E-state index contributed by atoms with van der Waals surface area (Å²) < 4.78 is 12.3. The van der Waals surface area contributed by atoms with E-state index in [-0.39, 0.29) is 12.9 Å². The maximum absolute atomic E-state index is 8.83. The van der Waals surface area contributed by atoms with Crippen molar-refractivity contribution >= 4 is 0 Å². The Hall–Kier alpha value is -0.380. The summed E-state index contributed by atoms with van der Waals surface area (Å²) in [4.78, 5) is 0. The van der Waals surface area contributed by atoms with Gasteiger partial charge in [0.05, 0.1) is 0 Å². The Labute approximate surface area is 201 Å². The molecule has 0 fully saturated rings. The van der Waals surface area contributed by atoms with Crippen LogP contribution in [0.15, 0.2) is 12.2 Å². The normalized spacial score (nSPS) is 11.9. The Morgan fingerprint density at radius 1 is 0.531 bits per heavy atom. The molecule has 0 aliphatic carbocycles. The summed E-state index contributed by atoms with van der Waals surface area (Å²) in [6.45, 7) is 6.48. The predicted octanol–water partition coefficient (Wildman–Crippen LogP) is 9.13. The third-order valence-corrected chi connectivity index (χ3v) is 6.13. The molecule has 0 amide bonds. The molecule has 0 rings (SSSR count). The maximum atomic E-state index is 8.83. The van der Waals surface area contributed by atoms with Crippen LogP contribution in [0, 0.1) is 0 Å². The lowest BCUT2D eigenvalue weighted by Gasteiger charge is -2.19. The number of hydrogen-bond donors (Lipinski definition) is 1. The van der Waals surface area contributed by atoms with Crippen molar-refractivity contribution in [1.82, 2.24) is 0 Å². The van der Waals surface area contributed by atoms with Crippen molar-refractivity contribution in [3.05, 3.63) is 12.2 Å². The van der Waals surface area contributed by atoms with Crippen molar-refractivity contribution in [3.8, 4) is 0 Å². The molecule has 0 aliphatic rings. The molecule has 1 N–H and O–H groups in total. The van der Waals surface area contributed by atoms with Gasteiger partial charge in [-0.1, -0.05) is 116 Å². The molecule has 0 spiro atoms. The van der Waals surface area contributed by atoms with E-state index < -0.39 is 0 Å². The topological polar surface area (TPSA) is 38.7 Å². The molecule has 3 nitrogen and oxygen atoms in total. The van der Waals surface area contributed by atoms with Crippen molar-refractivity contribution in [2.45, 2.75) is 155 Å². The van der Waals surface area contributed by atoms with E-state index in [1.807, 2.05) is 0 Å². The molecule has 0 saturated carbocycles. The number of aliphatic hydroxyl groups excluding tert-OH is 1. The van der Waals surface area contributed by atoms with Crippen LogP contribution in [0.2, 0.25) is 0 Å². The number of ether oxygens (including phenoxy) is 2. The average Bonchev–Trinajstić information content (AvgIpc) is 2.80. The van der Waals surface area contributed by atoms with Crippen LogP contribution in [0.25, 0.3) is 0 Å². The molecule has 192 valence electrons. The van der Waals surface area contributed by atoms with Gasteiger partial charge in [-0.15, -0.1) is 0 Å². The SMILES string of the molecule is CCCCCCCCCCOC(CCCC/C=C\CCO)OCCCCCCCCCC. The number of allylic oxidation sites excluding steroid dienone is 1. The molecule has 32 heavy (non-hydrogen) atoms. The zero-order valence-corrected chi connectivity index (χ0v) is 22.0. The van der Waals surface area contributed by atoms with Crippen LogP contribution in [0.5, 0.6) is 0 Å². The van der Waals surface area contributed by atoms with Gasteiger partial charge in [0.25, 0.3) is 0 Å². The minimum Gasteiger partial charge on any atom is -0.396 e. The van der Waals surface area contributed by atoms with Crippen molar-refractivity contribution < 1.29 is 14.6 Å². The van der Waals surface area contributed by atoms with Crippen LogP contribution >= 0.6 is 0 Å². The molecule has 0 aliphatic heterocycles. The van der Waals surface area contributed by atoms with Crippen LogP contribution in [-0.2, 0) is 9.47 Å². The fourth-order valence-corrected chi connectivity index (χ4v) is 4.00. The molecule has 0 heterocycles. The van der Waals surface area contributed by atoms with Gasteiger partial charge in [-0.25, -0.2) is 0 Å². The number of unbranched alkanes of at least 4 members (excludes halogenated alkanes) is 16. The number of rotatable bonds is 27. The van der Waals surface area contributed by atoms with E-state index in [4.69, 9.17) is 14.6 Å². The molecule has 0 atom stereocenters.